The molecule has 1 aliphatic rings. The van der Waals surface area contributed by atoms with Crippen LogP contribution in [0, 0.1) is 11.8 Å². The number of carbonyl (C=O) groups is 1. The highest BCUT2D eigenvalue weighted by molar-refractivity contribution is 7.80. The van der Waals surface area contributed by atoms with Crippen LogP contribution >= 0.6 is 12.6 Å². The number of hydrogen-bond donors (Lipinski definition) is 2. The molecule has 2 nitrogen and oxygen atoms in total. The first-order chi connectivity index (χ1) is 6.81. The van der Waals surface area contributed by atoms with Crippen molar-refractivity contribution >= 4 is 18.5 Å². The number of rotatable bonds is 0. The van der Waals surface area contributed by atoms with Gasteiger partial charge in [-0.05, 0) is 23.8 Å². The lowest BCUT2D eigenvalue weighted by molar-refractivity contribution is 0.0966. The Kier molecular flexibility index (Phi) is 2.47. The van der Waals surface area contributed by atoms with E-state index in [0.29, 0.717) is 12.3 Å². The number of nitrogens with one attached hydrogen (secondary N) is 1. The summed E-state index contributed by atoms with van der Waals surface area (Å²) in [6.45, 7) is 0.616. The number of fused-ring (bicyclic) bond motifs is 1. The van der Waals surface area contributed by atoms with Crippen molar-refractivity contribution in [3.05, 3.63) is 34.9 Å². The molecule has 1 aromatic carbocycles. The number of carbonyl (C=O) groups excluding carboxylic acids is 1. The van der Waals surface area contributed by atoms with Crippen LogP contribution in [0.15, 0.2) is 18.2 Å². The molecule has 0 aromatic heterocycles. The average Bonchev–Trinajstić information content (AvgIpc) is 2.57. The molecule has 3 heteroatoms. The first-order valence-electron chi connectivity index (χ1n) is 4.32. The van der Waals surface area contributed by atoms with Crippen molar-refractivity contribution in [1.29, 1.82) is 0 Å². The summed E-state index contributed by atoms with van der Waals surface area (Å²) in [5, 5.41) is 2.77. The van der Waals surface area contributed by atoms with Gasteiger partial charge in [-0.25, -0.2) is 0 Å². The van der Waals surface area contributed by atoms with Gasteiger partial charge in [0.05, 0.1) is 5.75 Å². The quantitative estimate of drug-likeness (QED) is 0.481. The molecule has 0 atom stereocenters. The van der Waals surface area contributed by atoms with E-state index in [-0.39, 0.29) is 5.91 Å². The zero-order chi connectivity index (χ0) is 9.97. The molecule has 2 rings (SSSR count). The summed E-state index contributed by atoms with van der Waals surface area (Å²) in [5.74, 6) is 6.41. The molecule has 0 saturated heterocycles. The van der Waals surface area contributed by atoms with Gasteiger partial charge in [-0.15, -0.1) is 0 Å². The normalized spacial score (nSPS) is 12.8. The standard InChI is InChI=1S/C11H9NOS/c13-11-10-4-3-8(2-1-5-14)6-9(10)7-12-11/h3-4,6,14H,5,7H2,(H,12,13). The van der Waals surface area contributed by atoms with E-state index in [0.717, 1.165) is 16.7 Å². The first kappa shape index (κ1) is 9.17. The van der Waals surface area contributed by atoms with Gasteiger partial charge in [0.2, 0.25) is 0 Å². The van der Waals surface area contributed by atoms with Gasteiger partial charge in [0, 0.05) is 17.7 Å². The molecule has 0 radical (unpaired) electrons. The Morgan fingerprint density at radius 1 is 1.50 bits per heavy atom. The van der Waals surface area contributed by atoms with E-state index in [1.54, 1.807) is 0 Å². The summed E-state index contributed by atoms with van der Waals surface area (Å²) in [6, 6.07) is 5.63. The SMILES string of the molecule is O=C1NCc2cc(C#CCS)ccc21. The molecule has 0 aliphatic carbocycles. The lowest BCUT2D eigenvalue weighted by atomic mass is 10.1. The molecule has 1 heterocycles. The van der Waals surface area contributed by atoms with Crippen molar-refractivity contribution in [2.45, 2.75) is 6.54 Å². The molecule has 0 bridgehead atoms. The predicted octanol–water partition coefficient (Wildman–Crippen LogP) is 1.21. The molecule has 1 aliphatic heterocycles. The van der Waals surface area contributed by atoms with Gasteiger partial charge < -0.3 is 5.32 Å². The maximum atomic E-state index is 11.2. The Balaban J connectivity index is 2.37. The summed E-state index contributed by atoms with van der Waals surface area (Å²) >= 11 is 4.01. The molecule has 0 spiro atoms. The zero-order valence-electron chi connectivity index (χ0n) is 7.50. The molecule has 0 saturated carbocycles. The summed E-state index contributed by atoms with van der Waals surface area (Å²) < 4.78 is 0. The molecule has 0 unspecified atom stereocenters. The number of benzene rings is 1. The third-order valence-electron chi connectivity index (χ3n) is 2.10. The Labute approximate surface area is 88.1 Å². The highest BCUT2D eigenvalue weighted by Gasteiger charge is 2.17. The van der Waals surface area contributed by atoms with Crippen LogP contribution in [0.4, 0.5) is 0 Å². The Bertz CT molecular complexity index is 442. The monoisotopic (exact) mass is 203 g/mol. The van der Waals surface area contributed by atoms with E-state index >= 15 is 0 Å². The minimum absolute atomic E-state index is 0.00806. The molecule has 1 amide bonds. The lowest BCUT2D eigenvalue weighted by Crippen LogP contribution is -2.12. The lowest BCUT2D eigenvalue weighted by Gasteiger charge is -1.95. The fourth-order valence-electron chi connectivity index (χ4n) is 1.45. The largest absolute Gasteiger partial charge is 0.348 e. The fourth-order valence-corrected chi connectivity index (χ4v) is 1.53. The topological polar surface area (TPSA) is 29.1 Å². The molecule has 70 valence electrons. The van der Waals surface area contributed by atoms with Crippen LogP contribution in [0.2, 0.25) is 0 Å². The van der Waals surface area contributed by atoms with E-state index in [2.05, 4.69) is 29.8 Å². The van der Waals surface area contributed by atoms with Gasteiger partial charge in [-0.2, -0.15) is 12.6 Å². The van der Waals surface area contributed by atoms with Gasteiger partial charge >= 0.3 is 0 Å². The third-order valence-corrected chi connectivity index (χ3v) is 2.26. The number of hydrogen-bond acceptors (Lipinski definition) is 2. The van der Waals surface area contributed by atoms with Crippen molar-refractivity contribution in [2.24, 2.45) is 0 Å². The second-order valence-corrected chi connectivity index (χ2v) is 3.33. The van der Waals surface area contributed by atoms with Gasteiger partial charge in [-0.3, -0.25) is 4.79 Å². The second kappa shape index (κ2) is 3.77. The van der Waals surface area contributed by atoms with E-state index in [9.17, 15) is 4.79 Å². The molecule has 14 heavy (non-hydrogen) atoms. The molecular weight excluding hydrogens is 194 g/mol. The van der Waals surface area contributed by atoms with Crippen molar-refractivity contribution in [3.63, 3.8) is 0 Å². The van der Waals surface area contributed by atoms with Gasteiger partial charge in [-0.1, -0.05) is 11.8 Å². The van der Waals surface area contributed by atoms with Crippen molar-refractivity contribution in [3.8, 4) is 11.8 Å². The van der Waals surface area contributed by atoms with E-state index in [1.165, 1.54) is 0 Å². The first-order valence-corrected chi connectivity index (χ1v) is 4.95. The van der Waals surface area contributed by atoms with Crippen LogP contribution < -0.4 is 5.32 Å². The van der Waals surface area contributed by atoms with E-state index in [1.807, 2.05) is 18.2 Å². The average molecular weight is 203 g/mol. The maximum Gasteiger partial charge on any atom is 0.251 e. The van der Waals surface area contributed by atoms with Crippen LogP contribution in [-0.2, 0) is 6.54 Å². The Morgan fingerprint density at radius 3 is 3.14 bits per heavy atom. The molecular formula is C11H9NOS. The minimum atomic E-state index is 0.00806. The van der Waals surface area contributed by atoms with E-state index in [4.69, 9.17) is 0 Å². The van der Waals surface area contributed by atoms with Gasteiger partial charge in [0.25, 0.3) is 5.91 Å². The summed E-state index contributed by atoms with van der Waals surface area (Å²) in [7, 11) is 0. The number of amides is 1. The molecule has 0 fully saturated rings. The van der Waals surface area contributed by atoms with Crippen LogP contribution in [0.5, 0.6) is 0 Å². The highest BCUT2D eigenvalue weighted by Crippen LogP contribution is 2.16. The van der Waals surface area contributed by atoms with Crippen molar-refractivity contribution in [1.82, 2.24) is 5.32 Å². The summed E-state index contributed by atoms with van der Waals surface area (Å²) in [4.78, 5) is 11.2. The van der Waals surface area contributed by atoms with Gasteiger partial charge in [0.1, 0.15) is 0 Å². The summed E-state index contributed by atoms with van der Waals surface area (Å²) in [6.07, 6.45) is 0. The minimum Gasteiger partial charge on any atom is -0.348 e. The zero-order valence-corrected chi connectivity index (χ0v) is 8.40. The summed E-state index contributed by atoms with van der Waals surface area (Å²) in [5.41, 5.74) is 2.73. The Hall–Kier alpha value is -1.40. The van der Waals surface area contributed by atoms with Crippen LogP contribution in [0.1, 0.15) is 21.5 Å². The van der Waals surface area contributed by atoms with Crippen molar-refractivity contribution in [2.75, 3.05) is 5.75 Å². The highest BCUT2D eigenvalue weighted by atomic mass is 32.1. The predicted molar refractivity (Wildman–Crippen MR) is 58.3 cm³/mol. The molecule has 1 aromatic rings. The number of thiol groups is 1. The van der Waals surface area contributed by atoms with Crippen LogP contribution in [0.25, 0.3) is 0 Å². The van der Waals surface area contributed by atoms with E-state index < -0.39 is 0 Å². The van der Waals surface area contributed by atoms with Gasteiger partial charge in [0.15, 0.2) is 0 Å². The second-order valence-electron chi connectivity index (χ2n) is 3.01. The Morgan fingerprint density at radius 2 is 2.36 bits per heavy atom. The van der Waals surface area contributed by atoms with Crippen LogP contribution in [0.3, 0.4) is 0 Å². The molecule has 1 N–H and O–H groups in total. The third kappa shape index (κ3) is 1.61. The maximum absolute atomic E-state index is 11.2. The fraction of sp³-hybridized carbons (Fsp3) is 0.182. The van der Waals surface area contributed by atoms with Crippen LogP contribution in [-0.4, -0.2) is 11.7 Å². The smallest absolute Gasteiger partial charge is 0.251 e. The van der Waals surface area contributed by atoms with Crippen molar-refractivity contribution < 1.29 is 4.79 Å².